The minimum absolute atomic E-state index is 0.0783. The van der Waals surface area contributed by atoms with Crippen LogP contribution in [0.4, 0.5) is 11.4 Å². The second kappa shape index (κ2) is 11.9. The van der Waals surface area contributed by atoms with E-state index >= 15 is 0 Å². The topological polar surface area (TPSA) is 52.7 Å². The Balaban J connectivity index is 1.53. The van der Waals surface area contributed by atoms with Gasteiger partial charge in [0.05, 0.1) is 12.1 Å². The van der Waals surface area contributed by atoms with Gasteiger partial charge in [0.15, 0.2) is 0 Å². The van der Waals surface area contributed by atoms with Crippen molar-refractivity contribution in [2.24, 2.45) is 11.8 Å². The molecule has 2 aromatic rings. The Kier molecular flexibility index (Phi) is 8.61. The van der Waals surface area contributed by atoms with Crippen LogP contribution >= 0.6 is 0 Å². The number of nitrogens with zero attached hydrogens (tertiary/aromatic N) is 2. The zero-order valence-electron chi connectivity index (χ0n) is 21.6. The number of amides is 1. The van der Waals surface area contributed by atoms with E-state index in [0.29, 0.717) is 12.3 Å². The van der Waals surface area contributed by atoms with Crippen molar-refractivity contribution in [1.82, 2.24) is 10.2 Å². The minimum Gasteiger partial charge on any atom is -0.345 e. The first kappa shape index (κ1) is 25.4. The van der Waals surface area contributed by atoms with Crippen molar-refractivity contribution >= 4 is 23.1 Å². The van der Waals surface area contributed by atoms with E-state index in [4.69, 9.17) is 0 Å². The van der Waals surface area contributed by atoms with E-state index in [0.717, 1.165) is 37.2 Å². The summed E-state index contributed by atoms with van der Waals surface area (Å²) in [5.41, 5.74) is 3.44. The number of Topliss-reactive ketones (excluding diaryl/α,β-unsaturated/α-hetero) is 1. The van der Waals surface area contributed by atoms with Crippen LogP contribution in [-0.4, -0.2) is 43.3 Å². The summed E-state index contributed by atoms with van der Waals surface area (Å²) >= 11 is 0. The Morgan fingerprint density at radius 3 is 2.43 bits per heavy atom. The standard InChI is InChI=1S/C30H41N3O2/c1-22(31-2)29(34)21-25(19-23-11-7-8-12-23)30(35)33-18-10-17-28(33)24-13-9-16-27(20-24)32(3)26-14-5-4-6-15-26/h4-6,9,13-16,20,22-23,25,28,31H,7-8,10-12,17-19,21H2,1-3H3/t22-,25+,28-/m0/s1. The lowest BCUT2D eigenvalue weighted by Crippen LogP contribution is -2.40. The van der Waals surface area contributed by atoms with Crippen molar-refractivity contribution < 1.29 is 9.59 Å². The molecule has 2 aromatic carbocycles. The largest absolute Gasteiger partial charge is 0.345 e. The molecule has 0 aromatic heterocycles. The fourth-order valence-corrected chi connectivity index (χ4v) is 5.85. The van der Waals surface area contributed by atoms with Gasteiger partial charge in [-0.1, -0.05) is 56.0 Å². The van der Waals surface area contributed by atoms with Crippen molar-refractivity contribution in [3.8, 4) is 0 Å². The van der Waals surface area contributed by atoms with Crippen LogP contribution in [0, 0.1) is 11.8 Å². The lowest BCUT2D eigenvalue weighted by molar-refractivity contribution is -0.139. The first-order valence-corrected chi connectivity index (χ1v) is 13.4. The van der Waals surface area contributed by atoms with Gasteiger partial charge in [0.1, 0.15) is 5.78 Å². The van der Waals surface area contributed by atoms with E-state index in [1.807, 2.05) is 32.2 Å². The van der Waals surface area contributed by atoms with Gasteiger partial charge in [0, 0.05) is 37.3 Å². The van der Waals surface area contributed by atoms with Gasteiger partial charge < -0.3 is 15.1 Å². The summed E-state index contributed by atoms with van der Waals surface area (Å²) in [5, 5.41) is 3.06. The number of benzene rings is 2. The molecule has 4 rings (SSSR count). The fraction of sp³-hybridized carbons (Fsp3) is 0.533. The van der Waals surface area contributed by atoms with Gasteiger partial charge in [-0.2, -0.15) is 0 Å². The molecule has 35 heavy (non-hydrogen) atoms. The summed E-state index contributed by atoms with van der Waals surface area (Å²) in [7, 11) is 3.89. The van der Waals surface area contributed by atoms with Crippen LogP contribution in [0.25, 0.3) is 0 Å². The molecule has 1 saturated carbocycles. The average molecular weight is 476 g/mol. The highest BCUT2D eigenvalue weighted by molar-refractivity contribution is 5.89. The Bertz CT molecular complexity index is 986. The van der Waals surface area contributed by atoms with E-state index in [-0.39, 0.29) is 29.7 Å². The zero-order valence-corrected chi connectivity index (χ0v) is 21.6. The third-order valence-electron chi connectivity index (χ3n) is 8.13. The maximum atomic E-state index is 13.9. The lowest BCUT2D eigenvalue weighted by atomic mass is 9.87. The maximum absolute atomic E-state index is 13.9. The predicted octanol–water partition coefficient (Wildman–Crippen LogP) is 5.88. The van der Waals surface area contributed by atoms with Crippen molar-refractivity contribution in [2.75, 3.05) is 25.5 Å². The third-order valence-corrected chi connectivity index (χ3v) is 8.13. The average Bonchev–Trinajstić information content (AvgIpc) is 3.60. The monoisotopic (exact) mass is 475 g/mol. The van der Waals surface area contributed by atoms with Gasteiger partial charge in [-0.15, -0.1) is 0 Å². The highest BCUT2D eigenvalue weighted by atomic mass is 16.2. The summed E-state index contributed by atoms with van der Waals surface area (Å²) in [4.78, 5) is 31.1. The van der Waals surface area contributed by atoms with E-state index in [9.17, 15) is 9.59 Å². The Morgan fingerprint density at radius 1 is 1.00 bits per heavy atom. The number of ketones is 1. The van der Waals surface area contributed by atoms with E-state index in [2.05, 4.69) is 58.6 Å². The molecule has 1 saturated heterocycles. The number of hydrogen-bond donors (Lipinski definition) is 1. The van der Waals surface area contributed by atoms with Crippen molar-refractivity contribution in [3.63, 3.8) is 0 Å². The molecule has 0 unspecified atom stereocenters. The SMILES string of the molecule is CN[C@@H](C)C(=O)C[C@@H](CC1CCCC1)C(=O)N1CCC[C@H]1c1cccc(N(C)c2ccccc2)c1. The summed E-state index contributed by atoms with van der Waals surface area (Å²) in [6.45, 7) is 2.67. The summed E-state index contributed by atoms with van der Waals surface area (Å²) in [6.07, 6.45) is 8.06. The molecule has 0 radical (unpaired) electrons. The van der Waals surface area contributed by atoms with Gasteiger partial charge in [-0.25, -0.2) is 0 Å². The molecule has 5 heteroatoms. The number of carbonyl (C=O) groups is 2. The molecular weight excluding hydrogens is 434 g/mol. The molecule has 0 spiro atoms. The second-order valence-corrected chi connectivity index (χ2v) is 10.4. The molecule has 1 aliphatic heterocycles. The van der Waals surface area contributed by atoms with E-state index in [1.165, 1.54) is 31.2 Å². The molecule has 0 bridgehead atoms. The third kappa shape index (κ3) is 6.13. The molecule has 1 N–H and O–H groups in total. The highest BCUT2D eigenvalue weighted by Crippen LogP contribution is 2.38. The summed E-state index contributed by atoms with van der Waals surface area (Å²) < 4.78 is 0. The number of likely N-dealkylation sites (tertiary alicyclic amines) is 1. The van der Waals surface area contributed by atoms with Crippen LogP contribution < -0.4 is 10.2 Å². The first-order chi connectivity index (χ1) is 17.0. The number of para-hydroxylation sites is 1. The summed E-state index contributed by atoms with van der Waals surface area (Å²) in [6, 6.07) is 18.8. The maximum Gasteiger partial charge on any atom is 0.226 e. The number of hydrogen-bond acceptors (Lipinski definition) is 4. The Labute approximate surface area is 210 Å². The minimum atomic E-state index is -0.214. The number of carbonyl (C=O) groups excluding carboxylic acids is 2. The fourth-order valence-electron chi connectivity index (χ4n) is 5.85. The van der Waals surface area contributed by atoms with Crippen LogP contribution in [0.2, 0.25) is 0 Å². The molecule has 1 aliphatic carbocycles. The molecule has 188 valence electrons. The highest BCUT2D eigenvalue weighted by Gasteiger charge is 2.36. The normalized spacial score (nSPS) is 20.1. The van der Waals surface area contributed by atoms with Crippen LogP contribution in [-0.2, 0) is 9.59 Å². The molecule has 5 nitrogen and oxygen atoms in total. The Morgan fingerprint density at radius 2 is 1.71 bits per heavy atom. The van der Waals surface area contributed by atoms with Gasteiger partial charge in [-0.05, 0) is 69.0 Å². The van der Waals surface area contributed by atoms with E-state index < -0.39 is 0 Å². The Hall–Kier alpha value is -2.66. The second-order valence-electron chi connectivity index (χ2n) is 10.4. The molecule has 2 fully saturated rings. The number of likely N-dealkylation sites (N-methyl/N-ethyl adjacent to an activating group) is 1. The van der Waals surface area contributed by atoms with Crippen molar-refractivity contribution in [3.05, 3.63) is 60.2 Å². The first-order valence-electron chi connectivity index (χ1n) is 13.4. The van der Waals surface area contributed by atoms with Crippen LogP contribution in [0.15, 0.2) is 54.6 Å². The van der Waals surface area contributed by atoms with Crippen LogP contribution in [0.3, 0.4) is 0 Å². The van der Waals surface area contributed by atoms with Crippen LogP contribution in [0.1, 0.15) is 69.9 Å². The van der Waals surface area contributed by atoms with Crippen LogP contribution in [0.5, 0.6) is 0 Å². The van der Waals surface area contributed by atoms with Gasteiger partial charge in [0.25, 0.3) is 0 Å². The quantitative estimate of drug-likeness (QED) is 0.466. The zero-order chi connectivity index (χ0) is 24.8. The van der Waals surface area contributed by atoms with Crippen molar-refractivity contribution in [1.29, 1.82) is 0 Å². The molecule has 2 aliphatic rings. The van der Waals surface area contributed by atoms with Gasteiger partial charge >= 0.3 is 0 Å². The van der Waals surface area contributed by atoms with Gasteiger partial charge in [-0.3, -0.25) is 9.59 Å². The van der Waals surface area contributed by atoms with Gasteiger partial charge in [0.2, 0.25) is 5.91 Å². The molecular formula is C30H41N3O2. The number of rotatable bonds is 10. The summed E-state index contributed by atoms with van der Waals surface area (Å²) in [5.74, 6) is 0.687. The smallest absolute Gasteiger partial charge is 0.226 e. The molecule has 1 heterocycles. The predicted molar refractivity (Wildman–Crippen MR) is 143 cm³/mol. The van der Waals surface area contributed by atoms with E-state index in [1.54, 1.807) is 0 Å². The number of nitrogens with one attached hydrogen (secondary N) is 1. The molecule has 3 atom stereocenters. The molecule has 1 amide bonds. The lowest BCUT2D eigenvalue weighted by Gasteiger charge is -2.31. The number of anilines is 2. The van der Waals surface area contributed by atoms with Crippen molar-refractivity contribution in [2.45, 2.75) is 70.4 Å².